The Bertz CT molecular complexity index is 1350. The summed E-state index contributed by atoms with van der Waals surface area (Å²) in [4.78, 5) is 14.9. The van der Waals surface area contributed by atoms with Gasteiger partial charge in [0, 0.05) is 30.0 Å². The van der Waals surface area contributed by atoms with Crippen LogP contribution in [-0.2, 0) is 16.4 Å². The maximum Gasteiger partial charge on any atom is 0.289 e. The molecule has 0 aliphatic rings. The van der Waals surface area contributed by atoms with E-state index in [9.17, 15) is 22.9 Å². The minimum Gasteiger partial charge on any atom is -0.258 e. The topological polar surface area (TPSA) is 120 Å². The van der Waals surface area contributed by atoms with Crippen LogP contribution in [0.1, 0.15) is 5.69 Å². The summed E-state index contributed by atoms with van der Waals surface area (Å²) in [6, 6.07) is 11.1. The zero-order valence-electron chi connectivity index (χ0n) is 15.2. The van der Waals surface area contributed by atoms with Crippen LogP contribution in [0.25, 0.3) is 16.3 Å². The number of thiazole rings is 1. The maximum absolute atomic E-state index is 13.4. The number of nitrogens with zero attached hydrogens (tertiary/aromatic N) is 4. The van der Waals surface area contributed by atoms with Gasteiger partial charge in [-0.25, -0.2) is 22.0 Å². The third kappa shape index (κ3) is 3.92. The number of aromatic nitrogens is 3. The lowest BCUT2D eigenvalue weighted by molar-refractivity contribution is -0.387. The molecule has 4 aromatic rings. The summed E-state index contributed by atoms with van der Waals surface area (Å²) in [5, 5.41) is 17.3. The number of benzene rings is 2. The van der Waals surface area contributed by atoms with Crippen molar-refractivity contribution in [1.82, 2.24) is 19.3 Å². The normalized spacial score (nSPS) is 11.8. The molecule has 2 heterocycles. The number of nitrogens with one attached hydrogen (secondary N) is 1. The number of nitro groups is 1. The van der Waals surface area contributed by atoms with Gasteiger partial charge in [-0.05, 0) is 18.2 Å². The lowest BCUT2D eigenvalue weighted by atomic mass is 10.2. The lowest BCUT2D eigenvalue weighted by Crippen LogP contribution is -2.27. The molecule has 9 nitrogen and oxygen atoms in total. The van der Waals surface area contributed by atoms with Gasteiger partial charge in [-0.1, -0.05) is 24.3 Å². The first-order chi connectivity index (χ1) is 14.3. The average Bonchev–Trinajstić information content (AvgIpc) is 3.30. The first kappa shape index (κ1) is 20.1. The standard InChI is InChI=1S/C18H14FN5O4S2/c19-13-5-3-4-12(10-13)17-21-18-23(22-17)14(11-29-18)8-9-20-30(27,28)16-7-2-1-6-15(16)24(25)26/h1-7,10-11,20H,8-9H2. The summed E-state index contributed by atoms with van der Waals surface area (Å²) in [6.07, 6.45) is 0.284. The van der Waals surface area contributed by atoms with Crippen LogP contribution in [0.15, 0.2) is 58.8 Å². The predicted octanol–water partition coefficient (Wildman–Crippen LogP) is 3.03. The van der Waals surface area contributed by atoms with E-state index in [4.69, 9.17) is 0 Å². The molecular weight excluding hydrogens is 433 g/mol. The molecule has 0 bridgehead atoms. The smallest absolute Gasteiger partial charge is 0.258 e. The Hall–Kier alpha value is -3.22. The van der Waals surface area contributed by atoms with Crippen molar-refractivity contribution in [2.75, 3.05) is 6.54 Å². The molecule has 0 spiro atoms. The molecule has 0 amide bonds. The molecule has 30 heavy (non-hydrogen) atoms. The molecule has 0 aliphatic heterocycles. The van der Waals surface area contributed by atoms with E-state index in [0.29, 0.717) is 22.0 Å². The van der Waals surface area contributed by atoms with Crippen LogP contribution in [0, 0.1) is 15.9 Å². The summed E-state index contributed by atoms with van der Waals surface area (Å²) in [6.45, 7) is 0.00930. The Balaban J connectivity index is 1.51. The molecule has 12 heteroatoms. The Labute approximate surface area is 174 Å². The maximum atomic E-state index is 13.4. The van der Waals surface area contributed by atoms with E-state index >= 15 is 0 Å². The van der Waals surface area contributed by atoms with Gasteiger partial charge in [0.1, 0.15) is 5.82 Å². The van der Waals surface area contributed by atoms with Crippen molar-refractivity contribution in [2.24, 2.45) is 0 Å². The first-order valence-electron chi connectivity index (χ1n) is 8.67. The number of hydrogen-bond acceptors (Lipinski definition) is 7. The van der Waals surface area contributed by atoms with Crippen LogP contribution in [0.3, 0.4) is 0 Å². The summed E-state index contributed by atoms with van der Waals surface area (Å²) in [5.74, 6) is -0.0293. The molecule has 0 saturated carbocycles. The molecular formula is C18H14FN5O4S2. The summed E-state index contributed by atoms with van der Waals surface area (Å²) in [5.41, 5.74) is 0.753. The van der Waals surface area contributed by atoms with Gasteiger partial charge in [0.15, 0.2) is 10.7 Å². The molecule has 2 aromatic heterocycles. The molecule has 0 atom stereocenters. The van der Waals surface area contributed by atoms with Crippen LogP contribution in [0.5, 0.6) is 0 Å². The molecule has 154 valence electrons. The number of hydrogen-bond donors (Lipinski definition) is 1. The second-order valence-electron chi connectivity index (χ2n) is 6.24. The van der Waals surface area contributed by atoms with Crippen molar-refractivity contribution >= 4 is 32.0 Å². The summed E-state index contributed by atoms with van der Waals surface area (Å²) in [7, 11) is -4.06. The highest BCUT2D eigenvalue weighted by atomic mass is 32.2. The van der Waals surface area contributed by atoms with Crippen LogP contribution in [0.4, 0.5) is 10.1 Å². The second-order valence-corrected chi connectivity index (χ2v) is 8.81. The number of sulfonamides is 1. The van der Waals surface area contributed by atoms with Gasteiger partial charge in [-0.2, -0.15) is 4.98 Å². The van der Waals surface area contributed by atoms with E-state index in [2.05, 4.69) is 14.8 Å². The third-order valence-corrected chi connectivity index (χ3v) is 6.63. The van der Waals surface area contributed by atoms with Crippen molar-refractivity contribution in [3.05, 3.63) is 75.5 Å². The fourth-order valence-electron chi connectivity index (χ4n) is 2.87. The summed E-state index contributed by atoms with van der Waals surface area (Å²) >= 11 is 1.32. The largest absolute Gasteiger partial charge is 0.289 e. The van der Waals surface area contributed by atoms with Crippen LogP contribution in [0.2, 0.25) is 0 Å². The number of halogens is 1. The van der Waals surface area contributed by atoms with Crippen molar-refractivity contribution in [2.45, 2.75) is 11.3 Å². The monoisotopic (exact) mass is 447 g/mol. The van der Waals surface area contributed by atoms with Crippen LogP contribution < -0.4 is 4.72 Å². The minimum absolute atomic E-state index is 0.00930. The number of rotatable bonds is 7. The van der Waals surface area contributed by atoms with Gasteiger partial charge in [-0.15, -0.1) is 16.4 Å². The van der Waals surface area contributed by atoms with E-state index in [-0.39, 0.29) is 17.9 Å². The molecule has 0 unspecified atom stereocenters. The molecule has 1 N–H and O–H groups in total. The highest BCUT2D eigenvalue weighted by molar-refractivity contribution is 7.89. The third-order valence-electron chi connectivity index (χ3n) is 4.26. The van der Waals surface area contributed by atoms with Gasteiger partial charge >= 0.3 is 0 Å². The molecule has 4 rings (SSSR count). The van der Waals surface area contributed by atoms with Crippen molar-refractivity contribution in [3.63, 3.8) is 0 Å². The highest BCUT2D eigenvalue weighted by Crippen LogP contribution is 2.23. The molecule has 0 radical (unpaired) electrons. The van der Waals surface area contributed by atoms with Gasteiger partial charge in [0.2, 0.25) is 15.0 Å². The highest BCUT2D eigenvalue weighted by Gasteiger charge is 2.24. The molecule has 2 aromatic carbocycles. The van der Waals surface area contributed by atoms with E-state index in [1.165, 1.54) is 41.7 Å². The first-order valence-corrected chi connectivity index (χ1v) is 11.0. The Morgan fingerprint density at radius 1 is 1.20 bits per heavy atom. The zero-order chi connectivity index (χ0) is 21.3. The summed E-state index contributed by atoms with van der Waals surface area (Å²) < 4.78 is 42.4. The Morgan fingerprint density at radius 2 is 2.00 bits per heavy atom. The van der Waals surface area contributed by atoms with Crippen molar-refractivity contribution in [1.29, 1.82) is 0 Å². The van der Waals surface area contributed by atoms with E-state index in [1.807, 2.05) is 0 Å². The van der Waals surface area contributed by atoms with Crippen LogP contribution >= 0.6 is 11.3 Å². The minimum atomic E-state index is -4.06. The Kier molecular flexibility index (Phi) is 5.28. The van der Waals surface area contributed by atoms with E-state index < -0.39 is 26.5 Å². The Morgan fingerprint density at radius 3 is 2.77 bits per heavy atom. The van der Waals surface area contributed by atoms with Gasteiger partial charge in [0.05, 0.1) is 10.6 Å². The molecule has 0 aliphatic carbocycles. The van der Waals surface area contributed by atoms with Gasteiger partial charge in [-0.3, -0.25) is 10.1 Å². The van der Waals surface area contributed by atoms with Gasteiger partial charge < -0.3 is 0 Å². The predicted molar refractivity (Wildman–Crippen MR) is 108 cm³/mol. The number of nitro benzene ring substituents is 1. The van der Waals surface area contributed by atoms with Gasteiger partial charge in [0.25, 0.3) is 5.69 Å². The zero-order valence-corrected chi connectivity index (χ0v) is 16.9. The fourth-order valence-corrected chi connectivity index (χ4v) is 4.93. The van der Waals surface area contributed by atoms with Crippen molar-refractivity contribution in [3.8, 4) is 11.4 Å². The van der Waals surface area contributed by atoms with Crippen LogP contribution in [-0.4, -0.2) is 34.5 Å². The molecule has 0 fully saturated rings. The van der Waals surface area contributed by atoms with Crippen molar-refractivity contribution < 1.29 is 17.7 Å². The quantitative estimate of drug-likeness (QED) is 0.344. The average molecular weight is 447 g/mol. The van der Waals surface area contributed by atoms with E-state index in [1.54, 1.807) is 22.0 Å². The molecule has 0 saturated heterocycles. The van der Waals surface area contributed by atoms with E-state index in [0.717, 1.165) is 6.07 Å². The number of fused-ring (bicyclic) bond motifs is 1. The fraction of sp³-hybridized carbons (Fsp3) is 0.111. The number of para-hydroxylation sites is 1. The SMILES string of the molecule is O=[N+]([O-])c1ccccc1S(=O)(=O)NCCc1csc2nc(-c3cccc(F)c3)nn12. The lowest BCUT2D eigenvalue weighted by Gasteiger charge is -2.06. The second kappa shape index (κ2) is 7.89.